The molecule has 1 aromatic heterocycles. The van der Waals surface area contributed by atoms with Gasteiger partial charge in [-0.3, -0.25) is 0 Å². The maximum atomic E-state index is 11.9. The molecule has 0 bridgehead atoms. The highest BCUT2D eigenvalue weighted by Crippen LogP contribution is 2.26. The van der Waals surface area contributed by atoms with Crippen molar-refractivity contribution in [2.24, 2.45) is 0 Å². The Bertz CT molecular complexity index is 717. The van der Waals surface area contributed by atoms with Gasteiger partial charge in [0.2, 0.25) is 5.88 Å². The second kappa shape index (κ2) is 6.87. The van der Waals surface area contributed by atoms with E-state index in [2.05, 4.69) is 25.9 Å². The Balaban J connectivity index is 2.51. The van der Waals surface area contributed by atoms with E-state index in [9.17, 15) is 4.79 Å². The van der Waals surface area contributed by atoms with Crippen molar-refractivity contribution in [2.45, 2.75) is 20.3 Å². The first-order chi connectivity index (χ1) is 10.5. The van der Waals surface area contributed by atoms with Crippen molar-refractivity contribution in [3.05, 3.63) is 50.9 Å². The molecule has 0 amide bonds. The van der Waals surface area contributed by atoms with Crippen LogP contribution in [-0.4, -0.2) is 30.2 Å². The maximum absolute atomic E-state index is 11.9. The number of benzene rings is 1. The molecular weight excluding hydrogens is 348 g/mol. The minimum absolute atomic E-state index is 0.368. The number of halogens is 1. The van der Waals surface area contributed by atoms with Gasteiger partial charge >= 0.3 is 5.97 Å². The number of ether oxygens (including phenoxy) is 2. The van der Waals surface area contributed by atoms with Crippen LogP contribution in [0.4, 0.5) is 0 Å². The summed E-state index contributed by atoms with van der Waals surface area (Å²) in [6.45, 7) is 3.72. The Morgan fingerprint density at radius 2 is 1.95 bits per heavy atom. The number of methoxy groups -OCH3 is 2. The smallest absolute Gasteiger partial charge is 0.338 e. The predicted octanol–water partition coefficient (Wildman–Crippen LogP) is 3.24. The van der Waals surface area contributed by atoms with E-state index in [-0.39, 0.29) is 5.97 Å². The Morgan fingerprint density at radius 3 is 2.59 bits per heavy atom. The number of carbonyl (C=O) groups is 1. The van der Waals surface area contributed by atoms with Crippen LogP contribution in [0.5, 0.6) is 5.88 Å². The van der Waals surface area contributed by atoms with Crippen molar-refractivity contribution in [1.82, 2.24) is 9.97 Å². The van der Waals surface area contributed by atoms with Gasteiger partial charge in [0.1, 0.15) is 5.82 Å². The lowest BCUT2D eigenvalue weighted by molar-refractivity contribution is 0.0599. The predicted molar refractivity (Wildman–Crippen MR) is 86.3 cm³/mol. The van der Waals surface area contributed by atoms with E-state index in [0.29, 0.717) is 23.7 Å². The lowest BCUT2D eigenvalue weighted by Crippen LogP contribution is -2.09. The monoisotopic (exact) mass is 364 g/mol. The minimum Gasteiger partial charge on any atom is -0.481 e. The Kier molecular flexibility index (Phi) is 5.13. The molecule has 0 spiro atoms. The van der Waals surface area contributed by atoms with Crippen molar-refractivity contribution in [3.8, 4) is 5.88 Å². The van der Waals surface area contributed by atoms with Crippen LogP contribution in [0.3, 0.4) is 0 Å². The van der Waals surface area contributed by atoms with Crippen LogP contribution in [-0.2, 0) is 11.2 Å². The summed E-state index contributed by atoms with van der Waals surface area (Å²) in [4.78, 5) is 20.6. The summed E-state index contributed by atoms with van der Waals surface area (Å²) in [6.07, 6.45) is 0.485. The molecule has 2 aromatic rings. The Labute approximate surface area is 137 Å². The highest BCUT2D eigenvalue weighted by Gasteiger charge is 2.17. The molecule has 0 saturated carbocycles. The summed E-state index contributed by atoms with van der Waals surface area (Å²) >= 11 is 3.43. The molecule has 0 N–H and O–H groups in total. The molecule has 1 aromatic carbocycles. The van der Waals surface area contributed by atoms with E-state index in [1.165, 1.54) is 7.11 Å². The highest BCUT2D eigenvalue weighted by atomic mass is 79.9. The summed E-state index contributed by atoms with van der Waals surface area (Å²) in [6, 6.07) is 5.44. The van der Waals surface area contributed by atoms with Crippen LogP contribution >= 0.6 is 15.9 Å². The lowest BCUT2D eigenvalue weighted by atomic mass is 9.99. The van der Waals surface area contributed by atoms with E-state index in [0.717, 1.165) is 21.3 Å². The third kappa shape index (κ3) is 3.44. The second-order valence-electron chi connectivity index (χ2n) is 4.81. The molecule has 0 radical (unpaired) electrons. The van der Waals surface area contributed by atoms with Crippen molar-refractivity contribution < 1.29 is 14.3 Å². The zero-order valence-electron chi connectivity index (χ0n) is 12.9. The summed E-state index contributed by atoms with van der Waals surface area (Å²) in [7, 11) is 2.95. The van der Waals surface area contributed by atoms with Crippen molar-refractivity contribution >= 4 is 21.9 Å². The molecule has 0 unspecified atom stereocenters. The molecule has 0 fully saturated rings. The normalized spacial score (nSPS) is 10.4. The van der Waals surface area contributed by atoms with E-state index >= 15 is 0 Å². The number of nitrogens with zero attached hydrogens (tertiary/aromatic N) is 2. The van der Waals surface area contributed by atoms with Gasteiger partial charge in [0, 0.05) is 22.2 Å². The van der Waals surface area contributed by atoms with Gasteiger partial charge in [-0.2, -0.15) is 4.98 Å². The molecular formula is C16H17BrN2O3. The van der Waals surface area contributed by atoms with Crippen LogP contribution < -0.4 is 4.74 Å². The highest BCUT2D eigenvalue weighted by molar-refractivity contribution is 9.10. The summed E-state index contributed by atoms with van der Waals surface area (Å²) < 4.78 is 11.1. The van der Waals surface area contributed by atoms with E-state index < -0.39 is 0 Å². The first-order valence-corrected chi connectivity index (χ1v) is 7.50. The summed E-state index contributed by atoms with van der Waals surface area (Å²) in [5, 5.41) is 0. The molecule has 0 aliphatic carbocycles. The Hall–Kier alpha value is -1.95. The van der Waals surface area contributed by atoms with Gasteiger partial charge in [-0.15, -0.1) is 0 Å². The minimum atomic E-state index is -0.368. The van der Waals surface area contributed by atoms with Crippen LogP contribution in [0.1, 0.15) is 33.0 Å². The van der Waals surface area contributed by atoms with Gasteiger partial charge < -0.3 is 9.47 Å². The average Bonchev–Trinajstić information content (AvgIpc) is 2.49. The topological polar surface area (TPSA) is 61.3 Å². The first kappa shape index (κ1) is 16.4. The first-order valence-electron chi connectivity index (χ1n) is 6.71. The number of hydrogen-bond donors (Lipinski definition) is 0. The van der Waals surface area contributed by atoms with Crippen molar-refractivity contribution in [1.29, 1.82) is 0 Å². The fraction of sp³-hybridized carbons (Fsp3) is 0.312. The van der Waals surface area contributed by atoms with Crippen molar-refractivity contribution in [2.75, 3.05) is 14.2 Å². The molecule has 5 nitrogen and oxygen atoms in total. The number of carbonyl (C=O) groups excluding carboxylic acids is 1. The molecule has 0 saturated heterocycles. The second-order valence-corrected chi connectivity index (χ2v) is 5.73. The lowest BCUT2D eigenvalue weighted by Gasteiger charge is -2.13. The van der Waals surface area contributed by atoms with Gasteiger partial charge in [-0.25, -0.2) is 9.78 Å². The van der Waals surface area contributed by atoms with Crippen LogP contribution in [0, 0.1) is 13.8 Å². The van der Waals surface area contributed by atoms with Gasteiger partial charge in [0.25, 0.3) is 0 Å². The third-order valence-corrected chi connectivity index (χ3v) is 3.81. The van der Waals surface area contributed by atoms with E-state index in [1.807, 2.05) is 26.0 Å². The van der Waals surface area contributed by atoms with Gasteiger partial charge in [-0.1, -0.05) is 15.9 Å². The van der Waals surface area contributed by atoms with Crippen molar-refractivity contribution in [3.63, 3.8) is 0 Å². The summed E-state index contributed by atoms with van der Waals surface area (Å²) in [5.74, 6) is 0.813. The fourth-order valence-electron chi connectivity index (χ4n) is 2.28. The molecule has 2 rings (SSSR count). The van der Waals surface area contributed by atoms with E-state index in [1.54, 1.807) is 13.2 Å². The molecule has 6 heteroatoms. The maximum Gasteiger partial charge on any atom is 0.338 e. The number of esters is 1. The average molecular weight is 365 g/mol. The SMILES string of the molecule is COC(=O)c1ccc(Br)cc1Cc1c(C)nc(C)nc1OC. The number of aryl methyl sites for hydroxylation is 2. The zero-order valence-corrected chi connectivity index (χ0v) is 14.5. The number of hydrogen-bond acceptors (Lipinski definition) is 5. The largest absolute Gasteiger partial charge is 0.481 e. The molecule has 1 heterocycles. The number of rotatable bonds is 4. The number of aromatic nitrogens is 2. The van der Waals surface area contributed by atoms with E-state index in [4.69, 9.17) is 9.47 Å². The van der Waals surface area contributed by atoms with Gasteiger partial charge in [-0.05, 0) is 37.6 Å². The molecule has 0 aliphatic heterocycles. The molecule has 22 heavy (non-hydrogen) atoms. The van der Waals surface area contributed by atoms with Gasteiger partial charge in [0.15, 0.2) is 0 Å². The summed E-state index contributed by atoms with van der Waals surface area (Å²) in [5.41, 5.74) is 3.04. The van der Waals surface area contributed by atoms with Crippen LogP contribution in [0.15, 0.2) is 22.7 Å². The zero-order chi connectivity index (χ0) is 16.3. The Morgan fingerprint density at radius 1 is 1.23 bits per heavy atom. The van der Waals surface area contributed by atoms with Crippen LogP contribution in [0.2, 0.25) is 0 Å². The fourth-order valence-corrected chi connectivity index (χ4v) is 2.69. The molecule has 0 atom stereocenters. The quantitative estimate of drug-likeness (QED) is 0.779. The van der Waals surface area contributed by atoms with Crippen LogP contribution in [0.25, 0.3) is 0 Å². The standard InChI is InChI=1S/C16H17BrN2O3/c1-9-14(15(21-3)19-10(2)18-9)8-11-7-12(17)5-6-13(11)16(20)22-4/h5-7H,8H2,1-4H3. The molecule has 116 valence electrons. The third-order valence-electron chi connectivity index (χ3n) is 3.32. The molecule has 0 aliphatic rings. The van der Waals surface area contributed by atoms with Gasteiger partial charge in [0.05, 0.1) is 19.8 Å².